The van der Waals surface area contributed by atoms with Gasteiger partial charge >= 0.3 is 0 Å². The molecule has 0 aliphatic heterocycles. The molecule has 0 aliphatic carbocycles. The molecule has 0 spiro atoms. The minimum Gasteiger partial charge on any atom is -0.396 e. The molecule has 0 aromatic carbocycles. The Labute approximate surface area is 94.2 Å². The molecule has 0 rings (SSSR count). The van der Waals surface area contributed by atoms with Gasteiger partial charge in [0.15, 0.2) is 0 Å². The van der Waals surface area contributed by atoms with Crippen LogP contribution in [0.2, 0.25) is 0 Å². The van der Waals surface area contributed by atoms with E-state index in [-0.39, 0.29) is 12.6 Å². The monoisotopic (exact) mass is 217 g/mol. The van der Waals surface area contributed by atoms with Crippen molar-refractivity contribution >= 4 is 0 Å². The second kappa shape index (κ2) is 9.13. The third kappa shape index (κ3) is 8.85. The lowest BCUT2D eigenvalue weighted by molar-refractivity contribution is 0.142. The van der Waals surface area contributed by atoms with Crippen LogP contribution in [-0.2, 0) is 4.74 Å². The molecule has 92 valence electrons. The predicted octanol–water partition coefficient (Wildman–Crippen LogP) is 1.80. The first-order valence-corrected chi connectivity index (χ1v) is 5.96. The van der Waals surface area contributed by atoms with Crippen LogP contribution in [0.25, 0.3) is 0 Å². The van der Waals surface area contributed by atoms with Crippen LogP contribution in [-0.4, -0.2) is 37.5 Å². The fourth-order valence-electron chi connectivity index (χ4n) is 1.64. The normalized spacial score (nSPS) is 15.6. The summed E-state index contributed by atoms with van der Waals surface area (Å²) in [5.41, 5.74) is 0. The zero-order valence-electron chi connectivity index (χ0n) is 10.6. The Morgan fingerprint density at radius 1 is 1.13 bits per heavy atom. The van der Waals surface area contributed by atoms with Crippen molar-refractivity contribution < 1.29 is 9.84 Å². The Balaban J connectivity index is 3.72. The van der Waals surface area contributed by atoms with Crippen LogP contribution in [0.5, 0.6) is 0 Å². The lowest BCUT2D eigenvalue weighted by atomic mass is 10.0. The first-order valence-electron chi connectivity index (χ1n) is 5.96. The van der Waals surface area contributed by atoms with Crippen LogP contribution in [0.1, 0.15) is 40.0 Å². The maximum atomic E-state index is 8.90. The molecule has 0 aromatic heterocycles. The van der Waals surface area contributed by atoms with Crippen molar-refractivity contribution in [3.63, 3.8) is 0 Å². The van der Waals surface area contributed by atoms with Crippen molar-refractivity contribution in [2.75, 3.05) is 20.3 Å². The summed E-state index contributed by atoms with van der Waals surface area (Å²) in [5, 5.41) is 12.4. The molecule has 0 saturated heterocycles. The minimum absolute atomic E-state index is 0.220. The van der Waals surface area contributed by atoms with Gasteiger partial charge in [0.2, 0.25) is 0 Å². The van der Waals surface area contributed by atoms with Gasteiger partial charge in [-0.1, -0.05) is 13.8 Å². The molecule has 0 aromatic rings. The number of aliphatic hydroxyl groups excluding tert-OH is 1. The summed E-state index contributed by atoms with van der Waals surface area (Å²) < 4.78 is 5.11. The molecule has 3 nitrogen and oxygen atoms in total. The van der Waals surface area contributed by atoms with E-state index in [2.05, 4.69) is 26.1 Å². The van der Waals surface area contributed by atoms with Gasteiger partial charge in [-0.2, -0.15) is 0 Å². The van der Waals surface area contributed by atoms with E-state index in [1.807, 2.05) is 0 Å². The van der Waals surface area contributed by atoms with Gasteiger partial charge in [-0.3, -0.25) is 0 Å². The van der Waals surface area contributed by atoms with Crippen LogP contribution in [0.3, 0.4) is 0 Å². The van der Waals surface area contributed by atoms with Crippen LogP contribution in [0, 0.1) is 5.92 Å². The number of rotatable bonds is 9. The molecule has 2 atom stereocenters. The smallest absolute Gasteiger partial charge is 0.0616 e. The van der Waals surface area contributed by atoms with Crippen molar-refractivity contribution in [1.29, 1.82) is 0 Å². The summed E-state index contributed by atoms with van der Waals surface area (Å²) in [7, 11) is 1.70. The Hall–Kier alpha value is -0.120. The second-order valence-corrected chi connectivity index (χ2v) is 4.70. The SMILES string of the molecule is COCC(CCO)NC(C)CCC(C)C. The number of nitrogens with one attached hydrogen (secondary N) is 1. The summed E-state index contributed by atoms with van der Waals surface area (Å²) >= 11 is 0. The summed E-state index contributed by atoms with van der Waals surface area (Å²) in [5.74, 6) is 0.757. The third-order valence-corrected chi connectivity index (χ3v) is 2.54. The van der Waals surface area contributed by atoms with Crippen LogP contribution < -0.4 is 5.32 Å². The molecular formula is C12H27NO2. The number of hydrogen-bond donors (Lipinski definition) is 2. The van der Waals surface area contributed by atoms with Gasteiger partial charge in [-0.25, -0.2) is 0 Å². The van der Waals surface area contributed by atoms with E-state index in [1.165, 1.54) is 12.8 Å². The summed E-state index contributed by atoms with van der Waals surface area (Å²) in [6.45, 7) is 7.58. The molecule has 15 heavy (non-hydrogen) atoms. The van der Waals surface area contributed by atoms with Crippen LogP contribution in [0.4, 0.5) is 0 Å². The van der Waals surface area contributed by atoms with E-state index < -0.39 is 0 Å². The first-order chi connectivity index (χ1) is 7.10. The van der Waals surface area contributed by atoms with Gasteiger partial charge in [-0.05, 0) is 32.1 Å². The molecule has 0 heterocycles. The number of hydrogen-bond acceptors (Lipinski definition) is 3. The summed E-state index contributed by atoms with van der Waals surface area (Å²) in [4.78, 5) is 0. The van der Waals surface area contributed by atoms with E-state index >= 15 is 0 Å². The average molecular weight is 217 g/mol. The highest BCUT2D eigenvalue weighted by molar-refractivity contribution is 4.71. The maximum Gasteiger partial charge on any atom is 0.0616 e. The minimum atomic E-state index is 0.220. The molecule has 0 aliphatic rings. The number of aliphatic hydroxyl groups is 1. The maximum absolute atomic E-state index is 8.90. The second-order valence-electron chi connectivity index (χ2n) is 4.70. The lowest BCUT2D eigenvalue weighted by Crippen LogP contribution is -2.40. The standard InChI is InChI=1S/C12H27NO2/c1-10(2)5-6-11(3)13-12(7-8-14)9-15-4/h10-14H,5-9H2,1-4H3. The molecule has 0 fully saturated rings. The predicted molar refractivity (Wildman–Crippen MR) is 64.0 cm³/mol. The van der Waals surface area contributed by atoms with E-state index in [4.69, 9.17) is 9.84 Å². The van der Waals surface area contributed by atoms with E-state index in [0.717, 1.165) is 12.3 Å². The van der Waals surface area contributed by atoms with Gasteiger partial charge < -0.3 is 15.2 Å². The highest BCUT2D eigenvalue weighted by atomic mass is 16.5. The third-order valence-electron chi connectivity index (χ3n) is 2.54. The fourth-order valence-corrected chi connectivity index (χ4v) is 1.64. The van der Waals surface area contributed by atoms with Crippen molar-refractivity contribution in [3.05, 3.63) is 0 Å². The van der Waals surface area contributed by atoms with Gasteiger partial charge in [-0.15, -0.1) is 0 Å². The van der Waals surface area contributed by atoms with Gasteiger partial charge in [0.1, 0.15) is 0 Å². The summed E-state index contributed by atoms with van der Waals surface area (Å²) in [6.07, 6.45) is 3.19. The van der Waals surface area contributed by atoms with E-state index in [1.54, 1.807) is 7.11 Å². The first kappa shape index (κ1) is 14.9. The molecule has 0 bridgehead atoms. The van der Waals surface area contributed by atoms with Gasteiger partial charge in [0.25, 0.3) is 0 Å². The van der Waals surface area contributed by atoms with Crippen molar-refractivity contribution in [2.45, 2.75) is 52.1 Å². The zero-order chi connectivity index (χ0) is 11.7. The van der Waals surface area contributed by atoms with E-state index in [9.17, 15) is 0 Å². The molecule has 0 saturated carbocycles. The lowest BCUT2D eigenvalue weighted by Gasteiger charge is -2.22. The largest absolute Gasteiger partial charge is 0.396 e. The Kier molecular flexibility index (Phi) is 9.06. The number of methoxy groups -OCH3 is 1. The molecule has 2 unspecified atom stereocenters. The van der Waals surface area contributed by atoms with Gasteiger partial charge in [0.05, 0.1) is 6.61 Å². The average Bonchev–Trinajstić information content (AvgIpc) is 2.15. The van der Waals surface area contributed by atoms with Crippen LogP contribution >= 0.6 is 0 Å². The van der Waals surface area contributed by atoms with E-state index in [0.29, 0.717) is 12.6 Å². The Bertz CT molecular complexity index is 134. The fraction of sp³-hybridized carbons (Fsp3) is 1.00. The Morgan fingerprint density at radius 2 is 1.80 bits per heavy atom. The van der Waals surface area contributed by atoms with Crippen LogP contribution in [0.15, 0.2) is 0 Å². The molecule has 0 amide bonds. The summed E-state index contributed by atoms with van der Waals surface area (Å²) in [6, 6.07) is 0.779. The van der Waals surface area contributed by atoms with Crippen molar-refractivity contribution in [1.82, 2.24) is 5.32 Å². The molecular weight excluding hydrogens is 190 g/mol. The van der Waals surface area contributed by atoms with Crippen molar-refractivity contribution in [3.8, 4) is 0 Å². The molecule has 0 radical (unpaired) electrons. The quantitative estimate of drug-likeness (QED) is 0.619. The highest BCUT2D eigenvalue weighted by Gasteiger charge is 2.11. The Morgan fingerprint density at radius 3 is 2.27 bits per heavy atom. The molecule has 3 heteroatoms. The van der Waals surface area contributed by atoms with Crippen molar-refractivity contribution in [2.24, 2.45) is 5.92 Å². The topological polar surface area (TPSA) is 41.5 Å². The zero-order valence-corrected chi connectivity index (χ0v) is 10.6. The number of ether oxygens (including phenoxy) is 1. The molecule has 2 N–H and O–H groups in total. The highest BCUT2D eigenvalue weighted by Crippen LogP contribution is 2.07. The van der Waals surface area contributed by atoms with Gasteiger partial charge in [0, 0.05) is 25.8 Å².